The Kier molecular flexibility index (Phi) is 6.70. The molecule has 1 N–H and O–H groups in total. The normalized spacial score (nSPS) is 14.0. The molecule has 0 fully saturated rings. The molecule has 3 heteroatoms. The van der Waals surface area contributed by atoms with Gasteiger partial charge in [-0.2, -0.15) is 0 Å². The Balaban J connectivity index is 1.96. The van der Waals surface area contributed by atoms with Crippen LogP contribution in [0.5, 0.6) is 0 Å². The molecule has 2 nitrogen and oxygen atoms in total. The van der Waals surface area contributed by atoms with Crippen molar-refractivity contribution >= 4 is 11.8 Å². The summed E-state index contributed by atoms with van der Waals surface area (Å²) in [5.74, 6) is 0. The SMILES string of the molecule is CCN(CC)CC(C)(O)Cc1ccc(Sc2ccccc2)cc1. The minimum Gasteiger partial charge on any atom is -0.388 e. The standard InChI is InChI=1S/C20H27NOS/c1-4-21(5-2)16-20(3,22)15-17-11-13-19(14-12-17)23-18-9-7-6-8-10-18/h6-14,22H,4-5,15-16H2,1-3H3. The Morgan fingerprint density at radius 3 is 2.04 bits per heavy atom. The molecule has 0 saturated heterocycles. The molecule has 0 aliphatic carbocycles. The molecule has 0 aliphatic heterocycles. The van der Waals surface area contributed by atoms with Crippen LogP contribution < -0.4 is 0 Å². The van der Waals surface area contributed by atoms with E-state index in [4.69, 9.17) is 0 Å². The van der Waals surface area contributed by atoms with Crippen molar-refractivity contribution in [3.05, 3.63) is 60.2 Å². The Morgan fingerprint density at radius 1 is 0.913 bits per heavy atom. The molecule has 0 aromatic heterocycles. The van der Waals surface area contributed by atoms with Gasteiger partial charge in [-0.25, -0.2) is 0 Å². The number of benzene rings is 2. The largest absolute Gasteiger partial charge is 0.388 e. The van der Waals surface area contributed by atoms with Crippen LogP contribution in [0.25, 0.3) is 0 Å². The molecule has 23 heavy (non-hydrogen) atoms. The maximum Gasteiger partial charge on any atom is 0.0786 e. The first-order valence-electron chi connectivity index (χ1n) is 8.29. The minimum absolute atomic E-state index is 0.680. The van der Waals surface area contributed by atoms with Crippen molar-refractivity contribution in [2.75, 3.05) is 19.6 Å². The zero-order valence-corrected chi connectivity index (χ0v) is 15.1. The van der Waals surface area contributed by atoms with E-state index in [1.54, 1.807) is 11.8 Å². The predicted molar refractivity (Wildman–Crippen MR) is 99.1 cm³/mol. The summed E-state index contributed by atoms with van der Waals surface area (Å²) in [6.45, 7) is 8.85. The second-order valence-electron chi connectivity index (χ2n) is 6.19. The molecule has 0 saturated carbocycles. The fourth-order valence-electron chi connectivity index (χ4n) is 2.72. The lowest BCUT2D eigenvalue weighted by atomic mass is 9.96. The summed E-state index contributed by atoms with van der Waals surface area (Å²) in [4.78, 5) is 4.73. The highest BCUT2D eigenvalue weighted by atomic mass is 32.2. The van der Waals surface area contributed by atoms with Gasteiger partial charge in [0.05, 0.1) is 5.60 Å². The topological polar surface area (TPSA) is 23.5 Å². The van der Waals surface area contributed by atoms with Crippen molar-refractivity contribution in [3.8, 4) is 0 Å². The van der Waals surface area contributed by atoms with Crippen molar-refractivity contribution in [2.24, 2.45) is 0 Å². The summed E-state index contributed by atoms with van der Waals surface area (Å²) >= 11 is 1.76. The van der Waals surface area contributed by atoms with Gasteiger partial charge in [0.2, 0.25) is 0 Å². The van der Waals surface area contributed by atoms with Gasteiger partial charge in [-0.1, -0.05) is 55.9 Å². The number of likely N-dealkylation sites (N-methyl/N-ethyl adjacent to an activating group) is 1. The van der Waals surface area contributed by atoms with E-state index in [1.165, 1.54) is 15.4 Å². The van der Waals surface area contributed by atoms with Gasteiger partial charge in [-0.3, -0.25) is 0 Å². The quantitative estimate of drug-likeness (QED) is 0.773. The zero-order chi connectivity index (χ0) is 16.7. The molecule has 0 spiro atoms. The monoisotopic (exact) mass is 329 g/mol. The third-order valence-electron chi connectivity index (χ3n) is 3.95. The summed E-state index contributed by atoms with van der Waals surface area (Å²) in [6, 6.07) is 18.9. The number of hydrogen-bond donors (Lipinski definition) is 1. The predicted octanol–water partition coefficient (Wildman–Crippen LogP) is 4.47. The molecule has 0 bridgehead atoms. The fourth-order valence-corrected chi connectivity index (χ4v) is 3.56. The Bertz CT molecular complexity index is 576. The van der Waals surface area contributed by atoms with Gasteiger partial charge in [0.25, 0.3) is 0 Å². The molecule has 0 aliphatic rings. The maximum atomic E-state index is 10.7. The van der Waals surface area contributed by atoms with E-state index in [2.05, 4.69) is 67.3 Å². The molecule has 2 rings (SSSR count). The van der Waals surface area contributed by atoms with Crippen LogP contribution in [0.15, 0.2) is 64.4 Å². The lowest BCUT2D eigenvalue weighted by Gasteiger charge is -2.30. The van der Waals surface area contributed by atoms with Crippen molar-refractivity contribution in [3.63, 3.8) is 0 Å². The smallest absolute Gasteiger partial charge is 0.0786 e. The molecule has 0 amide bonds. The van der Waals surface area contributed by atoms with E-state index in [-0.39, 0.29) is 0 Å². The average molecular weight is 330 g/mol. The van der Waals surface area contributed by atoms with Crippen LogP contribution in [0, 0.1) is 0 Å². The highest BCUT2D eigenvalue weighted by Crippen LogP contribution is 2.28. The number of aliphatic hydroxyl groups is 1. The second-order valence-corrected chi connectivity index (χ2v) is 7.34. The molecule has 0 radical (unpaired) electrons. The van der Waals surface area contributed by atoms with Crippen molar-refractivity contribution in [1.82, 2.24) is 4.90 Å². The Labute approximate surface area is 144 Å². The number of nitrogens with zero attached hydrogens (tertiary/aromatic N) is 1. The van der Waals surface area contributed by atoms with Crippen molar-refractivity contribution in [1.29, 1.82) is 0 Å². The molecule has 2 aromatic rings. The van der Waals surface area contributed by atoms with Gasteiger partial charge in [0.15, 0.2) is 0 Å². The van der Waals surface area contributed by atoms with Gasteiger partial charge in [-0.15, -0.1) is 0 Å². The van der Waals surface area contributed by atoms with Crippen LogP contribution in [-0.2, 0) is 6.42 Å². The van der Waals surface area contributed by atoms with Crippen molar-refractivity contribution < 1.29 is 5.11 Å². The molecule has 0 heterocycles. The summed E-state index contributed by atoms with van der Waals surface area (Å²) in [7, 11) is 0. The van der Waals surface area contributed by atoms with Crippen molar-refractivity contribution in [2.45, 2.75) is 42.6 Å². The number of hydrogen-bond acceptors (Lipinski definition) is 3. The van der Waals surface area contributed by atoms with Crippen LogP contribution in [0.3, 0.4) is 0 Å². The van der Waals surface area contributed by atoms with Crippen LogP contribution in [0.1, 0.15) is 26.3 Å². The fraction of sp³-hybridized carbons (Fsp3) is 0.400. The Morgan fingerprint density at radius 2 is 1.48 bits per heavy atom. The van der Waals surface area contributed by atoms with Gasteiger partial charge in [0, 0.05) is 22.8 Å². The van der Waals surface area contributed by atoms with Gasteiger partial charge in [0.1, 0.15) is 0 Å². The van der Waals surface area contributed by atoms with Crippen LogP contribution >= 0.6 is 11.8 Å². The minimum atomic E-state index is -0.694. The summed E-state index contributed by atoms with van der Waals surface area (Å²) in [6.07, 6.45) is 0.680. The molecule has 1 atom stereocenters. The van der Waals surface area contributed by atoms with Crippen LogP contribution in [0.2, 0.25) is 0 Å². The maximum absolute atomic E-state index is 10.7. The number of rotatable bonds is 8. The van der Waals surface area contributed by atoms with Crippen LogP contribution in [-0.4, -0.2) is 35.2 Å². The average Bonchev–Trinajstić information content (AvgIpc) is 2.55. The third kappa shape index (κ3) is 6.02. The van der Waals surface area contributed by atoms with Gasteiger partial charge in [-0.05, 0) is 49.8 Å². The molecular weight excluding hydrogens is 302 g/mol. The Hall–Kier alpha value is -1.29. The van der Waals surface area contributed by atoms with E-state index < -0.39 is 5.60 Å². The molecule has 124 valence electrons. The van der Waals surface area contributed by atoms with E-state index in [9.17, 15) is 5.11 Å². The first kappa shape index (κ1) is 18.1. The highest BCUT2D eigenvalue weighted by molar-refractivity contribution is 7.99. The van der Waals surface area contributed by atoms with Gasteiger partial charge < -0.3 is 10.0 Å². The zero-order valence-electron chi connectivity index (χ0n) is 14.3. The van der Waals surface area contributed by atoms with E-state index in [0.717, 1.165) is 13.1 Å². The van der Waals surface area contributed by atoms with E-state index >= 15 is 0 Å². The van der Waals surface area contributed by atoms with Gasteiger partial charge >= 0.3 is 0 Å². The molecule has 1 unspecified atom stereocenters. The first-order chi connectivity index (χ1) is 11.0. The summed E-state index contributed by atoms with van der Waals surface area (Å²) in [5, 5.41) is 10.7. The van der Waals surface area contributed by atoms with Crippen LogP contribution in [0.4, 0.5) is 0 Å². The first-order valence-corrected chi connectivity index (χ1v) is 9.10. The van der Waals surface area contributed by atoms with E-state index in [0.29, 0.717) is 13.0 Å². The summed E-state index contributed by atoms with van der Waals surface area (Å²) in [5.41, 5.74) is 0.486. The molecular formula is C20H27NOS. The third-order valence-corrected chi connectivity index (χ3v) is 4.96. The van der Waals surface area contributed by atoms with E-state index in [1.807, 2.05) is 13.0 Å². The highest BCUT2D eigenvalue weighted by Gasteiger charge is 2.23. The summed E-state index contributed by atoms with van der Waals surface area (Å²) < 4.78 is 0. The second kappa shape index (κ2) is 8.53. The lowest BCUT2D eigenvalue weighted by Crippen LogP contribution is -2.42. The molecule has 2 aromatic carbocycles. The lowest BCUT2D eigenvalue weighted by molar-refractivity contribution is 0.0229.